The molecule has 0 heterocycles. The summed E-state index contributed by atoms with van der Waals surface area (Å²) in [5, 5.41) is 10.1. The minimum Gasteiger partial charge on any atom is -0.294 e. The van der Waals surface area contributed by atoms with Crippen LogP contribution in [0.2, 0.25) is 5.02 Å². The Morgan fingerprint density at radius 2 is 2.14 bits per heavy atom. The van der Waals surface area contributed by atoms with Gasteiger partial charge in [0.15, 0.2) is 5.78 Å². The van der Waals surface area contributed by atoms with Crippen molar-refractivity contribution in [1.82, 2.24) is 0 Å². The van der Waals surface area contributed by atoms with Crippen LogP contribution in [0.5, 0.6) is 0 Å². The van der Waals surface area contributed by atoms with Crippen molar-refractivity contribution in [1.29, 1.82) is 0 Å². The van der Waals surface area contributed by atoms with Crippen LogP contribution in [0, 0.1) is 15.9 Å². The summed E-state index contributed by atoms with van der Waals surface area (Å²) in [4.78, 5) is 20.6. The predicted octanol–water partition coefficient (Wildman–Crippen LogP) is 2.59. The Hall–Kier alpha value is -1.49. The molecule has 6 heteroatoms. The molecule has 0 atom stereocenters. The second-order valence-corrected chi connectivity index (χ2v) is 3.00. The summed E-state index contributed by atoms with van der Waals surface area (Å²) in [7, 11) is 0. The fourth-order valence-corrected chi connectivity index (χ4v) is 1.29. The quantitative estimate of drug-likeness (QED) is 0.435. The number of halogens is 2. The molecular formula is C8H5ClFNO3. The first kappa shape index (κ1) is 10.6. The van der Waals surface area contributed by atoms with Gasteiger partial charge < -0.3 is 0 Å². The highest BCUT2D eigenvalue weighted by molar-refractivity contribution is 6.33. The fraction of sp³-hybridized carbons (Fsp3) is 0.125. The fourth-order valence-electron chi connectivity index (χ4n) is 1.02. The Kier molecular flexibility index (Phi) is 2.81. The maximum atomic E-state index is 12.8. The number of carbonyl (C=O) groups is 1. The average molecular weight is 218 g/mol. The summed E-state index contributed by atoms with van der Waals surface area (Å²) >= 11 is 5.44. The van der Waals surface area contributed by atoms with Gasteiger partial charge in [0, 0.05) is 0 Å². The zero-order valence-corrected chi connectivity index (χ0v) is 7.84. The molecule has 1 rings (SSSR count). The lowest BCUT2D eigenvalue weighted by Crippen LogP contribution is -2.01. The largest absolute Gasteiger partial charge is 0.298 e. The van der Waals surface area contributed by atoms with E-state index in [0.717, 1.165) is 19.1 Å². The van der Waals surface area contributed by atoms with Gasteiger partial charge in [0.05, 0.1) is 10.5 Å². The van der Waals surface area contributed by atoms with Gasteiger partial charge in [-0.25, -0.2) is 4.39 Å². The van der Waals surface area contributed by atoms with E-state index < -0.39 is 22.2 Å². The van der Waals surface area contributed by atoms with Gasteiger partial charge in [-0.2, -0.15) is 0 Å². The molecule has 1 aromatic rings. The zero-order valence-electron chi connectivity index (χ0n) is 7.08. The topological polar surface area (TPSA) is 60.2 Å². The number of benzene rings is 1. The SMILES string of the molecule is CC(=O)c1cc(F)cc(Cl)c1[N+](=O)[O-]. The van der Waals surface area contributed by atoms with Crippen LogP contribution in [-0.2, 0) is 0 Å². The average Bonchev–Trinajstić information content (AvgIpc) is 2.01. The molecule has 1 aromatic carbocycles. The van der Waals surface area contributed by atoms with Crippen molar-refractivity contribution >= 4 is 23.1 Å². The molecule has 0 saturated carbocycles. The molecule has 0 spiro atoms. The third kappa shape index (κ3) is 1.88. The molecule has 0 amide bonds. The Labute approximate surface area is 83.4 Å². The van der Waals surface area contributed by atoms with Gasteiger partial charge in [0.1, 0.15) is 10.8 Å². The van der Waals surface area contributed by atoms with E-state index in [0.29, 0.717) is 0 Å². The Balaban J connectivity index is 3.52. The van der Waals surface area contributed by atoms with Crippen molar-refractivity contribution in [3.63, 3.8) is 0 Å². The van der Waals surface area contributed by atoms with Crippen LogP contribution in [0.15, 0.2) is 12.1 Å². The molecule has 0 aliphatic carbocycles. The summed E-state index contributed by atoms with van der Waals surface area (Å²) in [6.45, 7) is 1.11. The van der Waals surface area contributed by atoms with Crippen molar-refractivity contribution in [3.05, 3.63) is 38.7 Å². The van der Waals surface area contributed by atoms with Gasteiger partial charge in [0.25, 0.3) is 5.69 Å². The molecular weight excluding hydrogens is 213 g/mol. The van der Waals surface area contributed by atoms with Crippen molar-refractivity contribution in [2.75, 3.05) is 0 Å². The van der Waals surface area contributed by atoms with Crippen LogP contribution < -0.4 is 0 Å². The number of hydrogen-bond acceptors (Lipinski definition) is 3. The predicted molar refractivity (Wildman–Crippen MR) is 48.1 cm³/mol. The molecule has 0 fully saturated rings. The first-order chi connectivity index (χ1) is 6.43. The third-order valence-corrected chi connectivity index (χ3v) is 1.88. The molecule has 14 heavy (non-hydrogen) atoms. The number of nitrogens with zero attached hydrogens (tertiary/aromatic N) is 1. The lowest BCUT2D eigenvalue weighted by Gasteiger charge is -2.00. The minimum absolute atomic E-state index is 0.319. The Bertz CT molecular complexity index is 419. The molecule has 0 aliphatic heterocycles. The van der Waals surface area contributed by atoms with Crippen LogP contribution in [0.4, 0.5) is 10.1 Å². The number of carbonyl (C=O) groups excluding carboxylic acids is 1. The van der Waals surface area contributed by atoms with Crippen molar-refractivity contribution in [2.45, 2.75) is 6.92 Å². The van der Waals surface area contributed by atoms with Gasteiger partial charge >= 0.3 is 0 Å². The van der Waals surface area contributed by atoms with Crippen LogP contribution in [0.3, 0.4) is 0 Å². The summed E-state index contributed by atoms with van der Waals surface area (Å²) < 4.78 is 12.8. The summed E-state index contributed by atoms with van der Waals surface area (Å²) in [6, 6.07) is 1.60. The maximum absolute atomic E-state index is 12.8. The molecule has 0 saturated heterocycles. The van der Waals surface area contributed by atoms with E-state index in [1.165, 1.54) is 0 Å². The normalized spacial score (nSPS) is 9.93. The van der Waals surface area contributed by atoms with E-state index in [-0.39, 0.29) is 10.6 Å². The smallest absolute Gasteiger partial charge is 0.294 e. The van der Waals surface area contributed by atoms with Gasteiger partial charge in [-0.05, 0) is 19.1 Å². The number of nitro benzene ring substituents is 1. The Morgan fingerprint density at radius 1 is 1.57 bits per heavy atom. The highest BCUT2D eigenvalue weighted by Crippen LogP contribution is 2.29. The first-order valence-electron chi connectivity index (χ1n) is 3.58. The first-order valence-corrected chi connectivity index (χ1v) is 3.95. The summed E-state index contributed by atoms with van der Waals surface area (Å²) in [5.41, 5.74) is -0.874. The standard InChI is InChI=1S/C8H5ClFNO3/c1-4(12)6-2-5(10)3-7(9)8(6)11(13)14/h2-3H,1H3. The Morgan fingerprint density at radius 3 is 2.57 bits per heavy atom. The van der Waals surface area contributed by atoms with Crippen LogP contribution in [-0.4, -0.2) is 10.7 Å². The number of hydrogen-bond donors (Lipinski definition) is 0. The number of Topliss-reactive ketones (excluding diaryl/α,β-unsaturated/α-hetero) is 1. The highest BCUT2D eigenvalue weighted by Gasteiger charge is 2.22. The summed E-state index contributed by atoms with van der Waals surface area (Å²) in [6.07, 6.45) is 0. The molecule has 0 radical (unpaired) electrons. The van der Waals surface area contributed by atoms with E-state index in [4.69, 9.17) is 11.6 Å². The van der Waals surface area contributed by atoms with E-state index in [1.807, 2.05) is 0 Å². The van der Waals surface area contributed by atoms with Crippen molar-refractivity contribution in [2.24, 2.45) is 0 Å². The van der Waals surface area contributed by atoms with E-state index >= 15 is 0 Å². The van der Waals surface area contributed by atoms with Gasteiger partial charge in [-0.1, -0.05) is 11.6 Å². The minimum atomic E-state index is -0.807. The lowest BCUT2D eigenvalue weighted by atomic mass is 10.1. The highest BCUT2D eigenvalue weighted by atomic mass is 35.5. The number of ketones is 1. The molecule has 0 N–H and O–H groups in total. The van der Waals surface area contributed by atoms with Gasteiger partial charge in [-0.3, -0.25) is 14.9 Å². The van der Waals surface area contributed by atoms with Crippen molar-refractivity contribution in [3.8, 4) is 0 Å². The summed E-state index contributed by atoms with van der Waals surface area (Å²) in [5.74, 6) is -1.37. The molecule has 4 nitrogen and oxygen atoms in total. The van der Waals surface area contributed by atoms with Crippen LogP contribution >= 0.6 is 11.6 Å². The number of nitro groups is 1. The van der Waals surface area contributed by atoms with Crippen LogP contribution in [0.1, 0.15) is 17.3 Å². The van der Waals surface area contributed by atoms with Crippen molar-refractivity contribution < 1.29 is 14.1 Å². The maximum Gasteiger partial charge on any atom is 0.298 e. The monoisotopic (exact) mass is 217 g/mol. The molecule has 74 valence electrons. The van der Waals surface area contributed by atoms with E-state index in [9.17, 15) is 19.3 Å². The second kappa shape index (κ2) is 3.71. The van der Waals surface area contributed by atoms with Gasteiger partial charge in [-0.15, -0.1) is 0 Å². The molecule has 0 bridgehead atoms. The second-order valence-electron chi connectivity index (χ2n) is 2.60. The zero-order chi connectivity index (χ0) is 10.9. The molecule has 0 aromatic heterocycles. The van der Waals surface area contributed by atoms with E-state index in [1.54, 1.807) is 0 Å². The van der Waals surface area contributed by atoms with E-state index in [2.05, 4.69) is 0 Å². The molecule has 0 unspecified atom stereocenters. The third-order valence-electron chi connectivity index (χ3n) is 1.59. The molecule has 0 aliphatic rings. The van der Waals surface area contributed by atoms with Gasteiger partial charge in [0.2, 0.25) is 0 Å². The van der Waals surface area contributed by atoms with Crippen LogP contribution in [0.25, 0.3) is 0 Å². The lowest BCUT2D eigenvalue weighted by molar-refractivity contribution is -0.385. The number of rotatable bonds is 2.